The highest BCUT2D eigenvalue weighted by atomic mass is 35.5. The topological polar surface area (TPSA) is 29.1 Å². The first-order valence-corrected chi connectivity index (χ1v) is 10.7. The Morgan fingerprint density at radius 1 is 1.11 bits per heavy atom. The summed E-state index contributed by atoms with van der Waals surface area (Å²) in [5.74, 6) is -0.590. The summed E-state index contributed by atoms with van der Waals surface area (Å²) in [6.07, 6.45) is 2.54. The molecule has 1 N–H and O–H groups in total. The summed E-state index contributed by atoms with van der Waals surface area (Å²) < 4.78 is 13.8. The lowest BCUT2D eigenvalue weighted by atomic mass is 10.0. The Kier molecular flexibility index (Phi) is 9.92. The molecule has 2 aromatic rings. The van der Waals surface area contributed by atoms with Gasteiger partial charge in [0.15, 0.2) is 0 Å². The van der Waals surface area contributed by atoms with Crippen molar-refractivity contribution in [2.24, 2.45) is 0 Å². The van der Waals surface area contributed by atoms with Crippen LogP contribution in [0, 0.1) is 5.82 Å². The Morgan fingerprint density at radius 3 is 2.33 bits per heavy atom. The number of carbonyl (C=O) groups is 1. The Hall–Kier alpha value is -1.49. The van der Waals surface area contributed by atoms with Crippen LogP contribution in [0.4, 0.5) is 10.1 Å². The van der Waals surface area contributed by atoms with Crippen LogP contribution in [0.1, 0.15) is 34.1 Å². The third-order valence-electron chi connectivity index (χ3n) is 3.82. The summed E-state index contributed by atoms with van der Waals surface area (Å²) in [5.41, 5.74) is 2.44. The van der Waals surface area contributed by atoms with E-state index in [0.717, 1.165) is 4.91 Å². The second-order valence-electron chi connectivity index (χ2n) is 5.37. The van der Waals surface area contributed by atoms with Gasteiger partial charge in [-0.2, -0.15) is 0 Å². The fourth-order valence-corrected chi connectivity index (χ4v) is 3.20. The number of halogens is 3. The molecule has 0 aliphatic rings. The molecule has 6 heteroatoms. The molecule has 0 atom stereocenters. The molecule has 0 fully saturated rings. The van der Waals surface area contributed by atoms with Crippen LogP contribution < -0.4 is 5.32 Å². The number of carbonyl (C=O) groups excluding carboxylic acids is 1. The molecule has 0 aromatic heterocycles. The lowest BCUT2D eigenvalue weighted by Gasteiger charge is -2.14. The highest BCUT2D eigenvalue weighted by molar-refractivity contribution is 8.02. The smallest absolute Gasteiger partial charge is 0.252 e. The largest absolute Gasteiger partial charge is 0.322 e. The first-order valence-electron chi connectivity index (χ1n) is 8.67. The van der Waals surface area contributed by atoms with Crippen LogP contribution in [0.5, 0.6) is 0 Å². The minimum atomic E-state index is -0.398. The zero-order chi connectivity index (χ0) is 20.6. The lowest BCUT2D eigenvalue weighted by Crippen LogP contribution is -2.15. The molecule has 0 aliphatic heterocycles. The van der Waals surface area contributed by atoms with Gasteiger partial charge in [0.2, 0.25) is 0 Å². The summed E-state index contributed by atoms with van der Waals surface area (Å²) in [6.45, 7) is 7.84. The normalized spacial score (nSPS) is 11.3. The number of benzene rings is 2. The molecule has 0 radical (unpaired) electrons. The van der Waals surface area contributed by atoms with Gasteiger partial charge in [0, 0.05) is 16.8 Å². The van der Waals surface area contributed by atoms with Crippen molar-refractivity contribution in [3.8, 4) is 11.1 Å². The van der Waals surface area contributed by atoms with Crippen LogP contribution in [0.2, 0.25) is 10.0 Å². The molecule has 0 aliphatic carbocycles. The Bertz CT molecular complexity index is 837. The Labute approximate surface area is 175 Å². The minimum Gasteiger partial charge on any atom is -0.322 e. The maximum atomic E-state index is 13.8. The van der Waals surface area contributed by atoms with E-state index in [1.807, 2.05) is 34.0 Å². The fourth-order valence-electron chi connectivity index (χ4n) is 2.42. The van der Waals surface area contributed by atoms with E-state index >= 15 is 0 Å². The zero-order valence-corrected chi connectivity index (χ0v) is 18.4. The van der Waals surface area contributed by atoms with Crippen LogP contribution in [-0.4, -0.2) is 12.2 Å². The summed E-state index contributed by atoms with van der Waals surface area (Å²) in [6, 6.07) is 9.26. The standard InChI is InChI=1S/C19H18Cl2FNOS.C2H6/c1-4-14(11(2)25-3)19(24)23-18-8-6-13(22)10-15(18)12-5-7-16(20)17(21)9-12;1-2/h5-10H,4H2,1-3H3,(H,23,24);1-2H3/b14-11+;. The number of amides is 1. The molecule has 2 nitrogen and oxygen atoms in total. The third kappa shape index (κ3) is 6.27. The average Bonchev–Trinajstić information content (AvgIpc) is 2.67. The Balaban J connectivity index is 0.00000176. The van der Waals surface area contributed by atoms with E-state index in [9.17, 15) is 9.18 Å². The van der Waals surface area contributed by atoms with Gasteiger partial charge < -0.3 is 5.32 Å². The van der Waals surface area contributed by atoms with Gasteiger partial charge in [0.1, 0.15) is 5.82 Å². The third-order valence-corrected chi connectivity index (χ3v) is 5.42. The minimum absolute atomic E-state index is 0.192. The van der Waals surface area contributed by atoms with Gasteiger partial charge in [0.25, 0.3) is 5.91 Å². The molecule has 0 saturated carbocycles. The van der Waals surface area contributed by atoms with Gasteiger partial charge in [-0.05, 0) is 60.4 Å². The molecule has 0 heterocycles. The van der Waals surface area contributed by atoms with Crippen LogP contribution in [-0.2, 0) is 4.79 Å². The molecule has 2 rings (SSSR count). The summed E-state index contributed by atoms with van der Waals surface area (Å²) >= 11 is 13.6. The predicted molar refractivity (Wildman–Crippen MR) is 118 cm³/mol. The van der Waals surface area contributed by atoms with Crippen molar-refractivity contribution in [2.75, 3.05) is 11.6 Å². The maximum Gasteiger partial charge on any atom is 0.252 e. The maximum absolute atomic E-state index is 13.8. The molecule has 0 spiro atoms. The summed E-state index contributed by atoms with van der Waals surface area (Å²) in [7, 11) is 0. The van der Waals surface area contributed by atoms with Gasteiger partial charge in [-0.3, -0.25) is 4.79 Å². The van der Waals surface area contributed by atoms with E-state index < -0.39 is 5.82 Å². The van der Waals surface area contributed by atoms with Crippen molar-refractivity contribution >= 4 is 46.6 Å². The highest BCUT2D eigenvalue weighted by Gasteiger charge is 2.15. The summed E-state index contributed by atoms with van der Waals surface area (Å²) in [4.78, 5) is 13.6. The SMILES string of the molecule is CC.CC/C(C(=O)Nc1ccc(F)cc1-c1ccc(Cl)c(Cl)c1)=C(/C)SC. The van der Waals surface area contributed by atoms with Crippen molar-refractivity contribution in [2.45, 2.75) is 34.1 Å². The number of thioether (sulfide) groups is 1. The van der Waals surface area contributed by atoms with E-state index in [1.165, 1.54) is 23.9 Å². The van der Waals surface area contributed by atoms with Crippen LogP contribution in [0.15, 0.2) is 46.9 Å². The molecule has 0 unspecified atom stereocenters. The molecule has 27 heavy (non-hydrogen) atoms. The van der Waals surface area contributed by atoms with E-state index in [2.05, 4.69) is 5.32 Å². The van der Waals surface area contributed by atoms with E-state index in [-0.39, 0.29) is 5.91 Å². The second kappa shape index (κ2) is 11.4. The van der Waals surface area contributed by atoms with Gasteiger partial charge in [-0.1, -0.05) is 50.0 Å². The number of allylic oxidation sites excluding steroid dienone is 1. The first kappa shape index (κ1) is 23.5. The number of hydrogen-bond donors (Lipinski definition) is 1. The number of rotatable bonds is 5. The van der Waals surface area contributed by atoms with Gasteiger partial charge in [-0.25, -0.2) is 4.39 Å². The quantitative estimate of drug-likeness (QED) is 0.492. The number of nitrogens with one attached hydrogen (secondary N) is 1. The number of anilines is 1. The monoisotopic (exact) mass is 427 g/mol. The van der Waals surface area contributed by atoms with E-state index in [4.69, 9.17) is 23.2 Å². The van der Waals surface area contributed by atoms with E-state index in [1.54, 1.807) is 24.3 Å². The van der Waals surface area contributed by atoms with Crippen molar-refractivity contribution in [1.82, 2.24) is 0 Å². The van der Waals surface area contributed by atoms with Crippen molar-refractivity contribution < 1.29 is 9.18 Å². The fraction of sp³-hybridized carbons (Fsp3) is 0.286. The first-order chi connectivity index (χ1) is 12.9. The molecular weight excluding hydrogens is 404 g/mol. The van der Waals surface area contributed by atoms with Crippen LogP contribution >= 0.6 is 35.0 Å². The predicted octanol–water partition coefficient (Wildman–Crippen LogP) is 7.81. The molecule has 0 saturated heterocycles. The molecule has 0 bridgehead atoms. The zero-order valence-electron chi connectivity index (χ0n) is 16.1. The van der Waals surface area contributed by atoms with Crippen molar-refractivity contribution in [3.05, 3.63) is 62.7 Å². The van der Waals surface area contributed by atoms with Gasteiger partial charge >= 0.3 is 0 Å². The van der Waals surface area contributed by atoms with E-state index in [0.29, 0.717) is 38.9 Å². The van der Waals surface area contributed by atoms with Crippen molar-refractivity contribution in [3.63, 3.8) is 0 Å². The number of hydrogen-bond acceptors (Lipinski definition) is 2. The van der Waals surface area contributed by atoms with Gasteiger partial charge in [-0.15, -0.1) is 11.8 Å². The molecular formula is C21H24Cl2FNOS. The average molecular weight is 428 g/mol. The molecule has 2 aromatic carbocycles. The second-order valence-corrected chi connectivity index (χ2v) is 7.20. The van der Waals surface area contributed by atoms with Crippen LogP contribution in [0.3, 0.4) is 0 Å². The lowest BCUT2D eigenvalue weighted by molar-refractivity contribution is -0.113. The Morgan fingerprint density at radius 2 is 1.78 bits per heavy atom. The van der Waals surface area contributed by atoms with Crippen LogP contribution in [0.25, 0.3) is 11.1 Å². The molecule has 146 valence electrons. The van der Waals surface area contributed by atoms with Crippen molar-refractivity contribution in [1.29, 1.82) is 0 Å². The van der Waals surface area contributed by atoms with Gasteiger partial charge in [0.05, 0.1) is 10.0 Å². The highest BCUT2D eigenvalue weighted by Crippen LogP contribution is 2.34. The summed E-state index contributed by atoms with van der Waals surface area (Å²) in [5, 5.41) is 3.67. The molecule has 1 amide bonds.